The molecule has 23 heavy (non-hydrogen) atoms. The van der Waals surface area contributed by atoms with Crippen LogP contribution in [0.1, 0.15) is 54.9 Å². The Bertz CT molecular complexity index is 552. The van der Waals surface area contributed by atoms with Crippen molar-refractivity contribution in [1.29, 1.82) is 0 Å². The van der Waals surface area contributed by atoms with Crippen molar-refractivity contribution in [3.63, 3.8) is 0 Å². The number of carbonyl (C=O) groups is 1. The number of carbonyl (C=O) groups excluding carboxylic acids is 1. The van der Waals surface area contributed by atoms with Crippen LogP contribution in [-0.4, -0.2) is 26.2 Å². The van der Waals surface area contributed by atoms with Gasteiger partial charge in [0.05, 0.1) is 13.2 Å². The highest BCUT2D eigenvalue weighted by Crippen LogP contribution is 2.22. The lowest BCUT2D eigenvalue weighted by atomic mass is 9.97. The van der Waals surface area contributed by atoms with Crippen LogP contribution in [0.3, 0.4) is 0 Å². The quantitative estimate of drug-likeness (QED) is 0.741. The number of methoxy groups -OCH3 is 1. The second-order valence-electron chi connectivity index (χ2n) is 5.80. The molecule has 0 fully saturated rings. The predicted octanol–water partition coefficient (Wildman–Crippen LogP) is 3.85. The number of hydrogen-bond donors (Lipinski definition) is 1. The van der Waals surface area contributed by atoms with Crippen molar-refractivity contribution in [3.8, 4) is 5.75 Å². The van der Waals surface area contributed by atoms with Gasteiger partial charge in [0, 0.05) is 24.8 Å². The lowest BCUT2D eigenvalue weighted by molar-refractivity contribution is 0.0953. The number of allylic oxidation sites excluding steroid dienone is 1. The summed E-state index contributed by atoms with van der Waals surface area (Å²) in [6, 6.07) is 5.50. The van der Waals surface area contributed by atoms with Gasteiger partial charge in [-0.05, 0) is 57.2 Å². The summed E-state index contributed by atoms with van der Waals surface area (Å²) in [6.07, 6.45) is 8.21. The molecule has 0 unspecified atom stereocenters. The molecule has 1 aromatic carbocycles. The van der Waals surface area contributed by atoms with Gasteiger partial charge < -0.3 is 14.8 Å². The van der Waals surface area contributed by atoms with Gasteiger partial charge in [-0.2, -0.15) is 0 Å². The SMILES string of the molecule is CCOc1ccc(C(=O)NCCC2=CCCCC2)cc1COC. The van der Waals surface area contributed by atoms with E-state index in [2.05, 4.69) is 11.4 Å². The minimum atomic E-state index is -0.0400. The molecule has 1 aliphatic rings. The Hall–Kier alpha value is -1.81. The Morgan fingerprint density at radius 1 is 1.30 bits per heavy atom. The molecule has 4 nitrogen and oxygen atoms in total. The van der Waals surface area contributed by atoms with E-state index in [-0.39, 0.29) is 5.91 Å². The summed E-state index contributed by atoms with van der Waals surface area (Å²) in [6.45, 7) is 3.66. The monoisotopic (exact) mass is 317 g/mol. The van der Waals surface area contributed by atoms with Crippen LogP contribution in [0.25, 0.3) is 0 Å². The van der Waals surface area contributed by atoms with E-state index in [1.165, 1.54) is 31.3 Å². The van der Waals surface area contributed by atoms with E-state index < -0.39 is 0 Å². The van der Waals surface area contributed by atoms with Gasteiger partial charge >= 0.3 is 0 Å². The molecule has 0 aliphatic heterocycles. The minimum Gasteiger partial charge on any atom is -0.494 e. The lowest BCUT2D eigenvalue weighted by Gasteiger charge is -2.14. The molecule has 4 heteroatoms. The number of ether oxygens (including phenoxy) is 2. The van der Waals surface area contributed by atoms with Crippen LogP contribution < -0.4 is 10.1 Å². The smallest absolute Gasteiger partial charge is 0.251 e. The van der Waals surface area contributed by atoms with Crippen molar-refractivity contribution in [2.24, 2.45) is 0 Å². The molecule has 0 aromatic heterocycles. The average molecular weight is 317 g/mol. The third-order valence-corrected chi connectivity index (χ3v) is 4.04. The third kappa shape index (κ3) is 5.39. The zero-order valence-corrected chi connectivity index (χ0v) is 14.2. The molecule has 0 saturated carbocycles. The van der Waals surface area contributed by atoms with E-state index in [9.17, 15) is 4.79 Å². The third-order valence-electron chi connectivity index (χ3n) is 4.04. The maximum Gasteiger partial charge on any atom is 0.251 e. The zero-order valence-electron chi connectivity index (χ0n) is 14.2. The summed E-state index contributed by atoms with van der Waals surface area (Å²) in [5.41, 5.74) is 3.03. The van der Waals surface area contributed by atoms with Crippen molar-refractivity contribution in [3.05, 3.63) is 41.0 Å². The summed E-state index contributed by atoms with van der Waals surface area (Å²) in [5.74, 6) is 0.736. The fourth-order valence-electron chi connectivity index (χ4n) is 2.86. The average Bonchev–Trinajstić information content (AvgIpc) is 2.58. The number of hydrogen-bond acceptors (Lipinski definition) is 3. The number of amides is 1. The van der Waals surface area contributed by atoms with E-state index in [0.717, 1.165) is 17.7 Å². The van der Waals surface area contributed by atoms with Crippen LogP contribution in [0.4, 0.5) is 0 Å². The van der Waals surface area contributed by atoms with Gasteiger partial charge in [0.1, 0.15) is 5.75 Å². The van der Waals surface area contributed by atoms with Crippen LogP contribution in [0.15, 0.2) is 29.8 Å². The second kappa shape index (κ2) is 9.36. The molecule has 1 aromatic rings. The predicted molar refractivity (Wildman–Crippen MR) is 91.8 cm³/mol. The molecule has 1 N–H and O–H groups in total. The molecule has 1 amide bonds. The van der Waals surface area contributed by atoms with E-state index in [4.69, 9.17) is 9.47 Å². The molecule has 2 rings (SSSR count). The summed E-state index contributed by atoms with van der Waals surface area (Å²) >= 11 is 0. The summed E-state index contributed by atoms with van der Waals surface area (Å²) in [4.78, 5) is 12.3. The fraction of sp³-hybridized carbons (Fsp3) is 0.526. The van der Waals surface area contributed by atoms with E-state index in [0.29, 0.717) is 25.3 Å². The first-order valence-electron chi connectivity index (χ1n) is 8.45. The molecular weight excluding hydrogens is 290 g/mol. The molecular formula is C19H27NO3. The van der Waals surface area contributed by atoms with Crippen molar-refractivity contribution < 1.29 is 14.3 Å². The Morgan fingerprint density at radius 3 is 2.87 bits per heavy atom. The lowest BCUT2D eigenvalue weighted by Crippen LogP contribution is -2.25. The number of nitrogens with one attached hydrogen (secondary N) is 1. The van der Waals surface area contributed by atoms with Crippen LogP contribution in [-0.2, 0) is 11.3 Å². The highest BCUT2D eigenvalue weighted by atomic mass is 16.5. The van der Waals surface area contributed by atoms with Gasteiger partial charge in [0.15, 0.2) is 0 Å². The minimum absolute atomic E-state index is 0.0400. The number of rotatable bonds is 8. The largest absolute Gasteiger partial charge is 0.494 e. The van der Waals surface area contributed by atoms with Crippen LogP contribution in [0, 0.1) is 0 Å². The molecule has 126 valence electrons. The van der Waals surface area contributed by atoms with E-state index >= 15 is 0 Å². The summed E-state index contributed by atoms with van der Waals surface area (Å²) in [7, 11) is 1.64. The topological polar surface area (TPSA) is 47.6 Å². The fourth-order valence-corrected chi connectivity index (χ4v) is 2.86. The summed E-state index contributed by atoms with van der Waals surface area (Å²) in [5, 5.41) is 3.01. The highest BCUT2D eigenvalue weighted by Gasteiger charge is 2.11. The van der Waals surface area contributed by atoms with Gasteiger partial charge in [-0.1, -0.05) is 11.6 Å². The van der Waals surface area contributed by atoms with Gasteiger partial charge in [-0.15, -0.1) is 0 Å². The first-order valence-corrected chi connectivity index (χ1v) is 8.45. The van der Waals surface area contributed by atoms with E-state index in [1.807, 2.05) is 19.1 Å². The molecule has 0 atom stereocenters. The van der Waals surface area contributed by atoms with Gasteiger partial charge in [0.25, 0.3) is 5.91 Å². The number of benzene rings is 1. The molecule has 1 aliphatic carbocycles. The first kappa shape index (κ1) is 17.5. The molecule has 0 spiro atoms. The van der Waals surface area contributed by atoms with Gasteiger partial charge in [0.2, 0.25) is 0 Å². The van der Waals surface area contributed by atoms with Gasteiger partial charge in [-0.25, -0.2) is 0 Å². The Kier molecular flexibility index (Phi) is 7.14. The first-order chi connectivity index (χ1) is 11.2. The van der Waals surface area contributed by atoms with Crippen LogP contribution >= 0.6 is 0 Å². The van der Waals surface area contributed by atoms with E-state index in [1.54, 1.807) is 13.2 Å². The molecule has 0 radical (unpaired) electrons. The maximum absolute atomic E-state index is 12.3. The standard InChI is InChI=1S/C19H27NO3/c1-3-23-18-10-9-16(13-17(18)14-22-2)19(21)20-12-11-15-7-5-4-6-8-15/h7,9-10,13H,3-6,8,11-12,14H2,1-2H3,(H,20,21). The maximum atomic E-state index is 12.3. The molecule has 0 saturated heterocycles. The van der Waals surface area contributed by atoms with Crippen molar-refractivity contribution in [2.75, 3.05) is 20.3 Å². The van der Waals surface area contributed by atoms with Crippen molar-refractivity contribution in [2.45, 2.75) is 45.6 Å². The Morgan fingerprint density at radius 2 is 2.17 bits per heavy atom. The molecule has 0 bridgehead atoms. The molecule has 0 heterocycles. The Balaban J connectivity index is 1.92. The Labute approximate surface area is 138 Å². The normalized spacial score (nSPS) is 14.3. The highest BCUT2D eigenvalue weighted by molar-refractivity contribution is 5.94. The second-order valence-corrected chi connectivity index (χ2v) is 5.80. The van der Waals surface area contributed by atoms with Crippen molar-refractivity contribution >= 4 is 5.91 Å². The zero-order chi connectivity index (χ0) is 16.5. The van der Waals surface area contributed by atoms with Crippen LogP contribution in [0.5, 0.6) is 5.75 Å². The summed E-state index contributed by atoms with van der Waals surface area (Å²) < 4.78 is 10.8. The van der Waals surface area contributed by atoms with Crippen molar-refractivity contribution in [1.82, 2.24) is 5.32 Å². The van der Waals surface area contributed by atoms with Crippen LogP contribution in [0.2, 0.25) is 0 Å². The van der Waals surface area contributed by atoms with Gasteiger partial charge in [-0.3, -0.25) is 4.79 Å².